The molecule has 128 valence electrons. The molecule has 1 aliphatic rings. The molecule has 0 bridgehead atoms. The van der Waals surface area contributed by atoms with E-state index >= 15 is 0 Å². The van der Waals surface area contributed by atoms with Gasteiger partial charge in [-0.2, -0.15) is 0 Å². The van der Waals surface area contributed by atoms with Gasteiger partial charge in [0.2, 0.25) is 5.91 Å². The van der Waals surface area contributed by atoms with Crippen LogP contribution in [0.25, 0.3) is 11.0 Å². The number of amides is 1. The Kier molecular flexibility index (Phi) is 4.74. The van der Waals surface area contributed by atoms with E-state index in [1.165, 1.54) is 5.56 Å². The lowest BCUT2D eigenvalue weighted by molar-refractivity contribution is -0.127. The molecule has 4 rings (SSSR count). The van der Waals surface area contributed by atoms with Crippen molar-refractivity contribution in [2.75, 3.05) is 18.8 Å². The molecule has 5 heteroatoms. The van der Waals surface area contributed by atoms with E-state index in [0.717, 1.165) is 36.3 Å². The number of aromatic nitrogens is 2. The lowest BCUT2D eigenvalue weighted by Gasteiger charge is -2.17. The van der Waals surface area contributed by atoms with Gasteiger partial charge in [-0.05, 0) is 24.1 Å². The number of para-hydroxylation sites is 2. The summed E-state index contributed by atoms with van der Waals surface area (Å²) in [6.45, 7) is 1.62. The van der Waals surface area contributed by atoms with E-state index in [4.69, 9.17) is 0 Å². The fourth-order valence-corrected chi connectivity index (χ4v) is 4.27. The van der Waals surface area contributed by atoms with Gasteiger partial charge in [-0.15, -0.1) is 11.8 Å². The maximum Gasteiger partial charge on any atom is 0.232 e. The van der Waals surface area contributed by atoms with E-state index in [2.05, 4.69) is 27.8 Å². The van der Waals surface area contributed by atoms with Crippen molar-refractivity contribution in [1.29, 1.82) is 0 Å². The Bertz CT molecular complexity index is 862. The highest BCUT2D eigenvalue weighted by Crippen LogP contribution is 2.26. The lowest BCUT2D eigenvalue weighted by Crippen LogP contribution is -2.30. The Hall–Kier alpha value is -2.27. The molecule has 3 aromatic rings. The van der Waals surface area contributed by atoms with E-state index in [1.54, 1.807) is 11.8 Å². The number of carbonyl (C=O) groups is 1. The van der Waals surface area contributed by atoms with Crippen LogP contribution in [0.4, 0.5) is 0 Å². The molecule has 0 N–H and O–H groups in total. The average Bonchev–Trinajstić information content (AvgIpc) is 3.29. The monoisotopic (exact) mass is 351 g/mol. The second-order valence-corrected chi connectivity index (χ2v) is 7.39. The van der Waals surface area contributed by atoms with Crippen LogP contribution < -0.4 is 0 Å². The topological polar surface area (TPSA) is 38.1 Å². The standard InChI is InChI=1S/C20H21N3OS/c24-20(14-25-13-16-6-2-1-3-7-16)22-11-10-17(12-22)23-15-21-18-8-4-5-9-19(18)23/h1-9,15,17H,10-14H2/t17-/m1/s1. The smallest absolute Gasteiger partial charge is 0.232 e. The molecule has 1 aromatic heterocycles. The molecule has 0 spiro atoms. The molecular formula is C20H21N3OS. The van der Waals surface area contributed by atoms with Crippen LogP contribution in [0.1, 0.15) is 18.0 Å². The van der Waals surface area contributed by atoms with E-state index in [1.807, 2.05) is 47.6 Å². The van der Waals surface area contributed by atoms with Gasteiger partial charge in [-0.1, -0.05) is 42.5 Å². The second-order valence-electron chi connectivity index (χ2n) is 6.40. The Labute approximate surface area is 151 Å². The molecule has 0 radical (unpaired) electrons. The fraction of sp³-hybridized carbons (Fsp3) is 0.300. The number of fused-ring (bicyclic) bond motifs is 1. The van der Waals surface area contributed by atoms with Crippen molar-refractivity contribution in [1.82, 2.24) is 14.5 Å². The van der Waals surface area contributed by atoms with Crippen molar-refractivity contribution in [2.24, 2.45) is 0 Å². The minimum atomic E-state index is 0.243. The summed E-state index contributed by atoms with van der Waals surface area (Å²) in [5, 5.41) is 0. The lowest BCUT2D eigenvalue weighted by atomic mass is 10.2. The van der Waals surface area contributed by atoms with Gasteiger partial charge in [0.15, 0.2) is 0 Å². The summed E-state index contributed by atoms with van der Waals surface area (Å²) in [6.07, 6.45) is 2.91. The Balaban J connectivity index is 1.33. The van der Waals surface area contributed by atoms with Crippen LogP contribution in [0, 0.1) is 0 Å². The predicted octanol–water partition coefficient (Wildman–Crippen LogP) is 3.74. The van der Waals surface area contributed by atoms with Crippen LogP contribution in [-0.2, 0) is 10.5 Å². The molecule has 1 amide bonds. The highest BCUT2D eigenvalue weighted by Gasteiger charge is 2.27. The second kappa shape index (κ2) is 7.31. The number of hydrogen-bond donors (Lipinski definition) is 0. The third kappa shape index (κ3) is 3.56. The minimum absolute atomic E-state index is 0.243. The molecule has 2 aromatic carbocycles. The SMILES string of the molecule is O=C(CSCc1ccccc1)N1CC[C@@H](n2cnc3ccccc32)C1. The van der Waals surface area contributed by atoms with Gasteiger partial charge in [-0.25, -0.2) is 4.98 Å². The molecule has 1 saturated heterocycles. The average molecular weight is 351 g/mol. The zero-order chi connectivity index (χ0) is 17.1. The first kappa shape index (κ1) is 16.2. The molecular weight excluding hydrogens is 330 g/mol. The number of likely N-dealkylation sites (tertiary alicyclic amines) is 1. The van der Waals surface area contributed by atoms with Crippen LogP contribution in [0.3, 0.4) is 0 Å². The summed E-state index contributed by atoms with van der Waals surface area (Å²) in [7, 11) is 0. The van der Waals surface area contributed by atoms with Crippen molar-refractivity contribution in [2.45, 2.75) is 18.2 Å². The number of imidazole rings is 1. The van der Waals surface area contributed by atoms with Gasteiger partial charge in [0.25, 0.3) is 0 Å². The van der Waals surface area contributed by atoms with Crippen LogP contribution in [0.15, 0.2) is 60.9 Å². The summed E-state index contributed by atoms with van der Waals surface area (Å²) in [5.41, 5.74) is 3.44. The van der Waals surface area contributed by atoms with Crippen molar-refractivity contribution in [3.05, 3.63) is 66.5 Å². The van der Waals surface area contributed by atoms with Crippen LogP contribution in [0.5, 0.6) is 0 Å². The van der Waals surface area contributed by atoms with Gasteiger partial charge < -0.3 is 9.47 Å². The molecule has 0 unspecified atom stereocenters. The normalized spacial score (nSPS) is 17.3. The summed E-state index contributed by atoms with van der Waals surface area (Å²) >= 11 is 1.69. The number of nitrogens with zero attached hydrogens (tertiary/aromatic N) is 3. The van der Waals surface area contributed by atoms with Crippen molar-refractivity contribution < 1.29 is 4.79 Å². The van der Waals surface area contributed by atoms with Gasteiger partial charge >= 0.3 is 0 Å². The van der Waals surface area contributed by atoms with Gasteiger partial charge in [0, 0.05) is 18.8 Å². The highest BCUT2D eigenvalue weighted by atomic mass is 32.2. The fourth-order valence-electron chi connectivity index (χ4n) is 3.39. The Morgan fingerprint density at radius 3 is 2.80 bits per heavy atom. The van der Waals surface area contributed by atoms with Gasteiger partial charge in [0.1, 0.15) is 0 Å². The molecule has 0 aliphatic carbocycles. The molecule has 0 saturated carbocycles. The van der Waals surface area contributed by atoms with Gasteiger partial charge in [-0.3, -0.25) is 4.79 Å². The summed E-state index contributed by atoms with van der Waals surface area (Å²) in [6, 6.07) is 18.8. The highest BCUT2D eigenvalue weighted by molar-refractivity contribution is 7.99. The summed E-state index contributed by atoms with van der Waals surface area (Å²) < 4.78 is 2.22. The first-order valence-corrected chi connectivity index (χ1v) is 9.78. The summed E-state index contributed by atoms with van der Waals surface area (Å²) in [5.74, 6) is 1.68. The molecule has 1 fully saturated rings. The first-order valence-electron chi connectivity index (χ1n) is 8.62. The van der Waals surface area contributed by atoms with Crippen LogP contribution >= 0.6 is 11.8 Å². The van der Waals surface area contributed by atoms with E-state index < -0.39 is 0 Å². The van der Waals surface area contributed by atoms with E-state index in [9.17, 15) is 4.79 Å². The van der Waals surface area contributed by atoms with Crippen molar-refractivity contribution in [3.63, 3.8) is 0 Å². The minimum Gasteiger partial charge on any atom is -0.340 e. The van der Waals surface area contributed by atoms with E-state index in [-0.39, 0.29) is 5.91 Å². The Morgan fingerprint density at radius 1 is 1.12 bits per heavy atom. The van der Waals surface area contributed by atoms with Crippen molar-refractivity contribution >= 4 is 28.7 Å². The number of thioether (sulfide) groups is 1. The van der Waals surface area contributed by atoms with Crippen LogP contribution in [-0.4, -0.2) is 39.2 Å². The number of carbonyl (C=O) groups excluding carboxylic acids is 1. The molecule has 2 heterocycles. The maximum absolute atomic E-state index is 12.5. The maximum atomic E-state index is 12.5. The quantitative estimate of drug-likeness (QED) is 0.703. The predicted molar refractivity (Wildman–Crippen MR) is 103 cm³/mol. The largest absolute Gasteiger partial charge is 0.340 e. The summed E-state index contributed by atoms with van der Waals surface area (Å²) in [4.78, 5) is 19.0. The van der Waals surface area contributed by atoms with Gasteiger partial charge in [0.05, 0.1) is 29.2 Å². The number of rotatable bonds is 5. The number of benzene rings is 2. The zero-order valence-electron chi connectivity index (χ0n) is 14.0. The zero-order valence-corrected chi connectivity index (χ0v) is 14.9. The molecule has 4 nitrogen and oxygen atoms in total. The third-order valence-corrected chi connectivity index (χ3v) is 5.72. The Morgan fingerprint density at radius 2 is 1.92 bits per heavy atom. The molecule has 1 aliphatic heterocycles. The number of hydrogen-bond acceptors (Lipinski definition) is 3. The van der Waals surface area contributed by atoms with E-state index in [0.29, 0.717) is 11.8 Å². The van der Waals surface area contributed by atoms with Crippen molar-refractivity contribution in [3.8, 4) is 0 Å². The first-order chi connectivity index (χ1) is 12.3. The molecule has 25 heavy (non-hydrogen) atoms. The molecule has 1 atom stereocenters. The third-order valence-electron chi connectivity index (χ3n) is 4.73. The van der Waals surface area contributed by atoms with Crippen LogP contribution in [0.2, 0.25) is 0 Å².